The number of halogens is 1. The molecule has 166 valence electrons. The van der Waals surface area contributed by atoms with Gasteiger partial charge in [0, 0.05) is 10.6 Å². The van der Waals surface area contributed by atoms with Gasteiger partial charge in [-0.25, -0.2) is 14.5 Å². The van der Waals surface area contributed by atoms with Crippen molar-refractivity contribution in [3.63, 3.8) is 0 Å². The molecule has 0 radical (unpaired) electrons. The molecule has 0 spiro atoms. The van der Waals surface area contributed by atoms with Crippen molar-refractivity contribution in [3.05, 3.63) is 64.2 Å². The van der Waals surface area contributed by atoms with E-state index in [4.69, 9.17) is 16.3 Å². The third-order valence-corrected chi connectivity index (χ3v) is 4.91. The summed E-state index contributed by atoms with van der Waals surface area (Å²) < 4.78 is 10.4. The highest BCUT2D eigenvalue weighted by molar-refractivity contribution is 6.39. The van der Waals surface area contributed by atoms with Crippen molar-refractivity contribution in [1.29, 1.82) is 0 Å². The van der Waals surface area contributed by atoms with E-state index in [2.05, 4.69) is 10.1 Å². The van der Waals surface area contributed by atoms with E-state index >= 15 is 0 Å². The van der Waals surface area contributed by atoms with Crippen LogP contribution < -0.4 is 15.0 Å². The Morgan fingerprint density at radius 2 is 1.84 bits per heavy atom. The fourth-order valence-electron chi connectivity index (χ4n) is 3.00. The van der Waals surface area contributed by atoms with Crippen molar-refractivity contribution in [1.82, 2.24) is 5.32 Å². The molecule has 1 aliphatic rings. The lowest BCUT2D eigenvalue weighted by Gasteiger charge is -2.26. The second-order valence-corrected chi connectivity index (χ2v) is 7.32. The Kier molecular flexibility index (Phi) is 7.27. The second kappa shape index (κ2) is 10.1. The van der Waals surface area contributed by atoms with Gasteiger partial charge in [0.05, 0.1) is 25.0 Å². The minimum Gasteiger partial charge on any atom is -0.493 e. The van der Waals surface area contributed by atoms with Crippen molar-refractivity contribution in [2.24, 2.45) is 0 Å². The predicted molar refractivity (Wildman–Crippen MR) is 119 cm³/mol. The van der Waals surface area contributed by atoms with E-state index in [-0.39, 0.29) is 16.8 Å². The number of carbonyl (C=O) groups excluding carboxylic acids is 4. The van der Waals surface area contributed by atoms with Gasteiger partial charge >= 0.3 is 12.0 Å². The highest BCUT2D eigenvalue weighted by atomic mass is 35.5. The molecule has 2 aromatic rings. The van der Waals surface area contributed by atoms with Crippen LogP contribution in [0.25, 0.3) is 6.08 Å². The highest BCUT2D eigenvalue weighted by Gasteiger charge is 2.37. The Bertz CT molecular complexity index is 1090. The topological polar surface area (TPSA) is 102 Å². The largest absolute Gasteiger partial charge is 0.493 e. The first-order valence-corrected chi connectivity index (χ1v) is 10.3. The standard InChI is InChI=1S/C23H21ClN2O6/c1-3-4-11-32-19-10-7-16(24)12-15(19)13-18-20(27)25-23(30)26(21(18)28)17-8-5-14(6-9-17)22(29)31-2/h5-10,12-13H,3-4,11H2,1-2H3,(H,25,27,30)/b18-13-. The monoisotopic (exact) mass is 456 g/mol. The molecule has 0 saturated carbocycles. The van der Waals surface area contributed by atoms with Gasteiger partial charge in [-0.05, 0) is 55.0 Å². The Hall–Kier alpha value is -3.65. The van der Waals surface area contributed by atoms with Gasteiger partial charge in [-0.15, -0.1) is 0 Å². The molecule has 1 saturated heterocycles. The lowest BCUT2D eigenvalue weighted by molar-refractivity contribution is -0.122. The molecule has 4 amide bonds. The molecule has 3 rings (SSSR count). The molecule has 1 heterocycles. The SMILES string of the molecule is CCCCOc1ccc(Cl)cc1/C=C1/C(=O)NC(=O)N(c2ccc(C(=O)OC)cc2)C1=O. The van der Waals surface area contributed by atoms with Gasteiger partial charge in [-0.2, -0.15) is 0 Å². The van der Waals surface area contributed by atoms with Crippen LogP contribution in [0.5, 0.6) is 5.75 Å². The van der Waals surface area contributed by atoms with Crippen LogP contribution in [0, 0.1) is 0 Å². The Labute approximate surface area is 189 Å². The van der Waals surface area contributed by atoms with Crippen molar-refractivity contribution < 1.29 is 28.7 Å². The van der Waals surface area contributed by atoms with Gasteiger partial charge in [-0.3, -0.25) is 14.9 Å². The summed E-state index contributed by atoms with van der Waals surface area (Å²) in [5.74, 6) is -1.74. The number of ether oxygens (including phenoxy) is 2. The van der Waals surface area contributed by atoms with Crippen LogP contribution in [0.1, 0.15) is 35.7 Å². The molecule has 8 nitrogen and oxygen atoms in total. The van der Waals surface area contributed by atoms with Crippen molar-refractivity contribution >= 4 is 47.2 Å². The van der Waals surface area contributed by atoms with E-state index in [9.17, 15) is 19.2 Å². The van der Waals surface area contributed by atoms with E-state index in [1.54, 1.807) is 18.2 Å². The number of amides is 4. The number of imide groups is 2. The smallest absolute Gasteiger partial charge is 0.337 e. The van der Waals surface area contributed by atoms with Gasteiger partial charge in [-0.1, -0.05) is 24.9 Å². The maximum atomic E-state index is 13.1. The number of nitrogens with zero attached hydrogens (tertiary/aromatic N) is 1. The molecular weight excluding hydrogens is 436 g/mol. The van der Waals surface area contributed by atoms with Crippen LogP contribution in [0.2, 0.25) is 5.02 Å². The first kappa shape index (κ1) is 23.0. The normalized spacial score (nSPS) is 15.0. The highest BCUT2D eigenvalue weighted by Crippen LogP contribution is 2.28. The zero-order valence-electron chi connectivity index (χ0n) is 17.5. The summed E-state index contributed by atoms with van der Waals surface area (Å²) >= 11 is 6.10. The van der Waals surface area contributed by atoms with Gasteiger partial charge in [0.25, 0.3) is 11.8 Å². The molecule has 0 unspecified atom stereocenters. The van der Waals surface area contributed by atoms with E-state index in [0.717, 1.165) is 17.7 Å². The maximum absolute atomic E-state index is 13.1. The molecule has 2 aromatic carbocycles. The fraction of sp³-hybridized carbons (Fsp3) is 0.217. The summed E-state index contributed by atoms with van der Waals surface area (Å²) in [5.41, 5.74) is 0.608. The third kappa shape index (κ3) is 4.97. The number of anilines is 1. The Morgan fingerprint density at radius 1 is 1.12 bits per heavy atom. The molecular formula is C23H21ClN2O6. The summed E-state index contributed by atoms with van der Waals surface area (Å²) in [6.45, 7) is 2.49. The number of unbranched alkanes of at least 4 members (excludes halogenated alkanes) is 1. The number of hydrogen-bond acceptors (Lipinski definition) is 6. The summed E-state index contributed by atoms with van der Waals surface area (Å²) in [6.07, 6.45) is 3.12. The minimum atomic E-state index is -0.895. The first-order valence-electron chi connectivity index (χ1n) is 9.88. The number of nitrogens with one attached hydrogen (secondary N) is 1. The van der Waals surface area contributed by atoms with Crippen LogP contribution >= 0.6 is 11.6 Å². The number of carbonyl (C=O) groups is 4. The minimum absolute atomic E-state index is 0.184. The number of esters is 1. The molecule has 9 heteroatoms. The Balaban J connectivity index is 1.96. The van der Waals surface area contributed by atoms with Crippen molar-refractivity contribution in [3.8, 4) is 5.75 Å². The molecule has 1 aliphatic heterocycles. The van der Waals surface area contributed by atoms with Crippen molar-refractivity contribution in [2.45, 2.75) is 19.8 Å². The van der Waals surface area contributed by atoms with Gasteiger partial charge in [0.1, 0.15) is 11.3 Å². The average molecular weight is 457 g/mol. The predicted octanol–water partition coefficient (Wildman–Crippen LogP) is 3.97. The number of rotatable bonds is 7. The average Bonchev–Trinajstić information content (AvgIpc) is 2.78. The second-order valence-electron chi connectivity index (χ2n) is 6.88. The fourth-order valence-corrected chi connectivity index (χ4v) is 3.18. The van der Waals surface area contributed by atoms with Gasteiger partial charge in [0.2, 0.25) is 0 Å². The van der Waals surface area contributed by atoms with E-state index in [1.807, 2.05) is 6.92 Å². The number of barbiturate groups is 1. The quantitative estimate of drug-likeness (QED) is 0.293. The van der Waals surface area contributed by atoms with Crippen LogP contribution in [0.4, 0.5) is 10.5 Å². The lowest BCUT2D eigenvalue weighted by atomic mass is 10.1. The van der Waals surface area contributed by atoms with E-state index in [0.29, 0.717) is 22.9 Å². The molecule has 0 atom stereocenters. The molecule has 0 bridgehead atoms. The summed E-state index contributed by atoms with van der Waals surface area (Å²) in [7, 11) is 1.25. The van der Waals surface area contributed by atoms with Gasteiger partial charge < -0.3 is 9.47 Å². The Morgan fingerprint density at radius 3 is 2.50 bits per heavy atom. The van der Waals surface area contributed by atoms with E-state index < -0.39 is 23.8 Å². The zero-order valence-corrected chi connectivity index (χ0v) is 18.3. The maximum Gasteiger partial charge on any atom is 0.337 e. The van der Waals surface area contributed by atoms with Crippen LogP contribution in [-0.2, 0) is 14.3 Å². The molecule has 32 heavy (non-hydrogen) atoms. The third-order valence-electron chi connectivity index (χ3n) is 4.68. The van der Waals surface area contributed by atoms with E-state index in [1.165, 1.54) is 37.5 Å². The van der Waals surface area contributed by atoms with Crippen LogP contribution in [0.15, 0.2) is 48.0 Å². The number of benzene rings is 2. The van der Waals surface area contributed by atoms with Crippen LogP contribution in [0.3, 0.4) is 0 Å². The summed E-state index contributed by atoms with van der Waals surface area (Å²) in [4.78, 5) is 50.4. The summed E-state index contributed by atoms with van der Waals surface area (Å²) in [5, 5.41) is 2.55. The molecule has 0 aliphatic carbocycles. The number of hydrogen-bond donors (Lipinski definition) is 1. The molecule has 0 aromatic heterocycles. The first-order chi connectivity index (χ1) is 15.3. The van der Waals surface area contributed by atoms with Crippen LogP contribution in [-0.4, -0.2) is 37.5 Å². The number of methoxy groups -OCH3 is 1. The summed E-state index contributed by atoms with van der Waals surface area (Å²) in [6, 6.07) is 9.63. The van der Waals surface area contributed by atoms with Gasteiger partial charge in [0.15, 0.2) is 0 Å². The molecule has 1 N–H and O–H groups in total. The lowest BCUT2D eigenvalue weighted by Crippen LogP contribution is -2.54. The van der Waals surface area contributed by atoms with Crippen molar-refractivity contribution in [2.75, 3.05) is 18.6 Å². The zero-order chi connectivity index (χ0) is 23.3. The molecule has 1 fully saturated rings. The number of urea groups is 1.